The van der Waals surface area contributed by atoms with Crippen LogP contribution < -0.4 is 5.73 Å². The topological polar surface area (TPSA) is 56.7 Å². The van der Waals surface area contributed by atoms with Crippen molar-refractivity contribution < 1.29 is 0 Å². The fraction of sp³-hybridized carbons (Fsp3) is 0.333. The molecule has 0 atom stereocenters. The van der Waals surface area contributed by atoms with Crippen LogP contribution in [-0.2, 0) is 6.54 Å². The molecule has 90 valence electrons. The van der Waals surface area contributed by atoms with Crippen molar-refractivity contribution in [1.29, 1.82) is 0 Å². The van der Waals surface area contributed by atoms with Gasteiger partial charge >= 0.3 is 0 Å². The highest BCUT2D eigenvalue weighted by Crippen LogP contribution is 2.18. The molecule has 17 heavy (non-hydrogen) atoms. The van der Waals surface area contributed by atoms with Gasteiger partial charge in [0.1, 0.15) is 0 Å². The number of pyridine rings is 1. The molecule has 0 aromatic carbocycles. The lowest BCUT2D eigenvalue weighted by Gasteiger charge is -2.05. The molecule has 2 aromatic heterocycles. The summed E-state index contributed by atoms with van der Waals surface area (Å²) >= 11 is 5.97. The van der Waals surface area contributed by atoms with Crippen LogP contribution in [0.15, 0.2) is 24.5 Å². The van der Waals surface area contributed by atoms with Gasteiger partial charge in [-0.25, -0.2) is 9.67 Å². The molecule has 0 saturated heterocycles. The minimum Gasteiger partial charge on any atom is -0.326 e. The van der Waals surface area contributed by atoms with Crippen molar-refractivity contribution in [2.75, 3.05) is 0 Å². The molecule has 0 aliphatic rings. The number of aromatic nitrogens is 3. The molecule has 2 aromatic rings. The van der Waals surface area contributed by atoms with Crippen molar-refractivity contribution >= 4 is 11.6 Å². The summed E-state index contributed by atoms with van der Waals surface area (Å²) in [6, 6.07) is 3.85. The van der Waals surface area contributed by atoms with Crippen LogP contribution in [0, 0.1) is 0 Å². The fourth-order valence-corrected chi connectivity index (χ4v) is 1.70. The number of hydrogen-bond donors (Lipinski definition) is 1. The van der Waals surface area contributed by atoms with Crippen LogP contribution in [-0.4, -0.2) is 14.8 Å². The lowest BCUT2D eigenvalue weighted by molar-refractivity contribution is 0.756. The fourth-order valence-electron chi connectivity index (χ4n) is 1.52. The zero-order chi connectivity index (χ0) is 12.4. The largest absolute Gasteiger partial charge is 0.326 e. The average Bonchev–Trinajstić information content (AvgIpc) is 2.79. The minimum atomic E-state index is 0.395. The van der Waals surface area contributed by atoms with Crippen molar-refractivity contribution in [3.8, 4) is 5.82 Å². The van der Waals surface area contributed by atoms with E-state index in [1.165, 1.54) is 0 Å². The molecular weight excluding hydrogens is 236 g/mol. The van der Waals surface area contributed by atoms with Crippen LogP contribution >= 0.6 is 11.6 Å². The van der Waals surface area contributed by atoms with Crippen LogP contribution in [0.4, 0.5) is 0 Å². The Labute approximate surface area is 105 Å². The van der Waals surface area contributed by atoms with Gasteiger partial charge in [0, 0.05) is 18.9 Å². The molecule has 0 aliphatic heterocycles. The van der Waals surface area contributed by atoms with Crippen LogP contribution in [0.2, 0.25) is 5.02 Å². The molecule has 0 spiro atoms. The van der Waals surface area contributed by atoms with Crippen molar-refractivity contribution in [3.05, 3.63) is 40.8 Å². The molecule has 2 rings (SSSR count). The molecule has 0 saturated carbocycles. The first kappa shape index (κ1) is 12.1. The first-order valence-corrected chi connectivity index (χ1v) is 5.90. The molecule has 0 bridgehead atoms. The Morgan fingerprint density at radius 2 is 2.24 bits per heavy atom. The van der Waals surface area contributed by atoms with Crippen molar-refractivity contribution in [2.24, 2.45) is 5.73 Å². The van der Waals surface area contributed by atoms with E-state index in [9.17, 15) is 0 Å². The predicted octanol–water partition coefficient (Wildman–Crippen LogP) is 2.50. The third kappa shape index (κ3) is 2.48. The number of halogens is 1. The van der Waals surface area contributed by atoms with Gasteiger partial charge in [0.15, 0.2) is 5.82 Å². The second kappa shape index (κ2) is 4.85. The van der Waals surface area contributed by atoms with Gasteiger partial charge in [0.2, 0.25) is 0 Å². The molecule has 0 radical (unpaired) electrons. The van der Waals surface area contributed by atoms with Gasteiger partial charge in [0.05, 0.1) is 10.7 Å². The second-order valence-electron chi connectivity index (χ2n) is 4.18. The Balaban J connectivity index is 2.38. The summed E-state index contributed by atoms with van der Waals surface area (Å²) in [6.07, 6.45) is 3.50. The molecule has 4 nitrogen and oxygen atoms in total. The number of rotatable bonds is 3. The van der Waals surface area contributed by atoms with E-state index in [2.05, 4.69) is 23.9 Å². The summed E-state index contributed by atoms with van der Waals surface area (Å²) in [5, 5.41) is 5.05. The molecule has 5 heteroatoms. The van der Waals surface area contributed by atoms with Gasteiger partial charge in [-0.2, -0.15) is 5.10 Å². The zero-order valence-electron chi connectivity index (χ0n) is 9.89. The number of nitrogens with zero attached hydrogens (tertiary/aromatic N) is 3. The maximum atomic E-state index is 5.97. The van der Waals surface area contributed by atoms with E-state index in [1.807, 2.05) is 18.3 Å². The smallest absolute Gasteiger partial charge is 0.153 e. The Bertz CT molecular complexity index is 519. The molecule has 0 unspecified atom stereocenters. The van der Waals surface area contributed by atoms with E-state index in [0.29, 0.717) is 17.5 Å². The van der Waals surface area contributed by atoms with E-state index in [0.717, 1.165) is 17.1 Å². The van der Waals surface area contributed by atoms with E-state index in [1.54, 1.807) is 10.9 Å². The maximum Gasteiger partial charge on any atom is 0.153 e. The first-order chi connectivity index (χ1) is 8.11. The normalized spacial score (nSPS) is 11.1. The van der Waals surface area contributed by atoms with E-state index >= 15 is 0 Å². The van der Waals surface area contributed by atoms with E-state index in [4.69, 9.17) is 17.3 Å². The Morgan fingerprint density at radius 1 is 1.47 bits per heavy atom. The molecule has 2 heterocycles. The summed E-state index contributed by atoms with van der Waals surface area (Å²) in [5.41, 5.74) is 7.52. The quantitative estimate of drug-likeness (QED) is 0.911. The maximum absolute atomic E-state index is 5.97. The summed E-state index contributed by atoms with van der Waals surface area (Å²) in [6.45, 7) is 4.60. The van der Waals surface area contributed by atoms with Crippen LogP contribution in [0.1, 0.15) is 31.0 Å². The summed E-state index contributed by atoms with van der Waals surface area (Å²) in [7, 11) is 0. The SMILES string of the molecule is CC(C)c1ccn(-c2cc(CN)c(Cl)cn2)n1. The monoisotopic (exact) mass is 250 g/mol. The summed E-state index contributed by atoms with van der Waals surface area (Å²) < 4.78 is 1.74. The third-order valence-corrected chi connectivity index (χ3v) is 2.92. The lowest BCUT2D eigenvalue weighted by Crippen LogP contribution is -2.04. The van der Waals surface area contributed by atoms with E-state index < -0.39 is 0 Å². The third-order valence-electron chi connectivity index (χ3n) is 2.58. The highest BCUT2D eigenvalue weighted by atomic mass is 35.5. The molecule has 2 N–H and O–H groups in total. The van der Waals surface area contributed by atoms with Gasteiger partial charge in [-0.05, 0) is 23.6 Å². The summed E-state index contributed by atoms with van der Waals surface area (Å²) in [5.74, 6) is 1.14. The minimum absolute atomic E-state index is 0.395. The zero-order valence-corrected chi connectivity index (χ0v) is 10.6. The standard InChI is InChI=1S/C12H15ClN4/c1-8(2)11-3-4-17(16-11)12-5-9(6-14)10(13)7-15-12/h3-5,7-8H,6,14H2,1-2H3. The number of hydrogen-bond acceptors (Lipinski definition) is 3. The van der Waals surface area contributed by atoms with Crippen LogP contribution in [0.25, 0.3) is 5.82 Å². The van der Waals surface area contributed by atoms with Gasteiger partial charge in [-0.1, -0.05) is 25.4 Å². The highest BCUT2D eigenvalue weighted by Gasteiger charge is 2.07. The Kier molecular flexibility index (Phi) is 3.45. The van der Waals surface area contributed by atoms with Gasteiger partial charge in [-0.3, -0.25) is 0 Å². The predicted molar refractivity (Wildman–Crippen MR) is 68.3 cm³/mol. The van der Waals surface area contributed by atoms with Crippen molar-refractivity contribution in [2.45, 2.75) is 26.3 Å². The van der Waals surface area contributed by atoms with Crippen molar-refractivity contribution in [3.63, 3.8) is 0 Å². The Hall–Kier alpha value is -1.39. The van der Waals surface area contributed by atoms with Crippen LogP contribution in [0.5, 0.6) is 0 Å². The lowest BCUT2D eigenvalue weighted by atomic mass is 10.1. The summed E-state index contributed by atoms with van der Waals surface area (Å²) in [4.78, 5) is 4.24. The average molecular weight is 251 g/mol. The van der Waals surface area contributed by atoms with Gasteiger partial charge in [0.25, 0.3) is 0 Å². The second-order valence-corrected chi connectivity index (χ2v) is 4.59. The molecule has 0 fully saturated rings. The van der Waals surface area contributed by atoms with Crippen molar-refractivity contribution in [1.82, 2.24) is 14.8 Å². The Morgan fingerprint density at radius 3 is 2.82 bits per heavy atom. The van der Waals surface area contributed by atoms with Gasteiger partial charge < -0.3 is 5.73 Å². The molecular formula is C12H15ClN4. The molecule has 0 amide bonds. The van der Waals surface area contributed by atoms with E-state index in [-0.39, 0.29) is 0 Å². The highest BCUT2D eigenvalue weighted by molar-refractivity contribution is 6.31. The first-order valence-electron chi connectivity index (χ1n) is 5.52. The molecule has 0 aliphatic carbocycles. The van der Waals surface area contributed by atoms with Crippen LogP contribution in [0.3, 0.4) is 0 Å². The van der Waals surface area contributed by atoms with Gasteiger partial charge in [-0.15, -0.1) is 0 Å². The number of nitrogens with two attached hydrogens (primary N) is 1.